The second-order valence-electron chi connectivity index (χ2n) is 5.70. The van der Waals surface area contributed by atoms with E-state index in [9.17, 15) is 13.6 Å². The van der Waals surface area contributed by atoms with Gasteiger partial charge in [0.2, 0.25) is 0 Å². The highest BCUT2D eigenvalue weighted by Gasteiger charge is 2.19. The van der Waals surface area contributed by atoms with Crippen molar-refractivity contribution in [2.24, 2.45) is 0 Å². The number of rotatable bonds is 7. The lowest BCUT2D eigenvalue weighted by Crippen LogP contribution is -2.27. The zero-order valence-electron chi connectivity index (χ0n) is 14.7. The minimum Gasteiger partial charge on any atom is -0.493 e. The van der Waals surface area contributed by atoms with Gasteiger partial charge in [0.15, 0.2) is 11.5 Å². The van der Waals surface area contributed by atoms with E-state index in [2.05, 4.69) is 5.32 Å². The molecule has 1 atom stereocenters. The standard InChI is InChI=1S/C19H20ClF2NO3/c1-4-7-26-18-15(20)8-12(9-17(18)25-3)19(24)23-11(2)14-6-5-13(21)10-16(14)22/h5-6,8-11H,4,7H2,1-3H3,(H,23,24). The molecule has 0 aliphatic rings. The summed E-state index contributed by atoms with van der Waals surface area (Å²) in [7, 11) is 1.45. The predicted molar refractivity (Wildman–Crippen MR) is 96.0 cm³/mol. The number of nitrogens with one attached hydrogen (secondary N) is 1. The number of ether oxygens (including phenoxy) is 2. The van der Waals surface area contributed by atoms with Crippen molar-refractivity contribution in [2.45, 2.75) is 26.3 Å². The van der Waals surface area contributed by atoms with E-state index < -0.39 is 23.6 Å². The number of benzene rings is 2. The van der Waals surface area contributed by atoms with Crippen LogP contribution in [0.5, 0.6) is 11.5 Å². The Labute approximate surface area is 156 Å². The SMILES string of the molecule is CCCOc1c(Cl)cc(C(=O)NC(C)c2ccc(F)cc2F)cc1OC. The molecule has 0 spiro atoms. The molecule has 0 heterocycles. The average Bonchev–Trinajstić information content (AvgIpc) is 2.59. The summed E-state index contributed by atoms with van der Waals surface area (Å²) in [6.07, 6.45) is 0.794. The molecule has 0 aliphatic heterocycles. The van der Waals surface area contributed by atoms with E-state index in [1.165, 1.54) is 25.3 Å². The lowest BCUT2D eigenvalue weighted by molar-refractivity contribution is 0.0939. The van der Waals surface area contributed by atoms with Crippen molar-refractivity contribution >= 4 is 17.5 Å². The number of methoxy groups -OCH3 is 1. The summed E-state index contributed by atoms with van der Waals surface area (Å²) >= 11 is 6.20. The molecule has 2 aromatic rings. The minimum atomic E-state index is -0.725. The largest absolute Gasteiger partial charge is 0.493 e. The summed E-state index contributed by atoms with van der Waals surface area (Å²) in [5, 5.41) is 2.90. The van der Waals surface area contributed by atoms with Gasteiger partial charge in [-0.25, -0.2) is 8.78 Å². The second-order valence-corrected chi connectivity index (χ2v) is 6.11. The third kappa shape index (κ3) is 4.64. The number of hydrogen-bond donors (Lipinski definition) is 1. The van der Waals surface area contributed by atoms with Crippen LogP contribution in [-0.4, -0.2) is 19.6 Å². The number of amides is 1. The number of carbonyl (C=O) groups excluding carboxylic acids is 1. The van der Waals surface area contributed by atoms with Crippen molar-refractivity contribution in [3.8, 4) is 11.5 Å². The Morgan fingerprint density at radius 2 is 2.00 bits per heavy atom. The Hall–Kier alpha value is -2.34. The predicted octanol–water partition coefficient (Wildman–Crippen LogP) is 4.91. The maximum Gasteiger partial charge on any atom is 0.251 e. The summed E-state index contributed by atoms with van der Waals surface area (Å²) in [5.41, 5.74) is 0.422. The number of halogens is 3. The molecule has 1 N–H and O–H groups in total. The minimum absolute atomic E-state index is 0.181. The molecule has 0 radical (unpaired) electrons. The molecule has 2 aromatic carbocycles. The van der Waals surface area contributed by atoms with Crippen LogP contribution in [0.25, 0.3) is 0 Å². The maximum absolute atomic E-state index is 13.9. The molecule has 0 saturated heterocycles. The first-order valence-corrected chi connectivity index (χ1v) is 8.51. The number of hydrogen-bond acceptors (Lipinski definition) is 3. The molecular weight excluding hydrogens is 364 g/mol. The molecule has 26 heavy (non-hydrogen) atoms. The first kappa shape index (κ1) is 20.0. The molecule has 0 fully saturated rings. The van der Waals surface area contributed by atoms with E-state index in [-0.39, 0.29) is 16.1 Å². The Kier molecular flexibility index (Phi) is 6.80. The fourth-order valence-electron chi connectivity index (χ4n) is 2.41. The third-order valence-corrected chi connectivity index (χ3v) is 4.00. The summed E-state index contributed by atoms with van der Waals surface area (Å²) in [6.45, 7) is 4.02. The zero-order valence-corrected chi connectivity index (χ0v) is 15.5. The highest BCUT2D eigenvalue weighted by atomic mass is 35.5. The van der Waals surface area contributed by atoms with Gasteiger partial charge < -0.3 is 14.8 Å². The molecule has 1 unspecified atom stereocenters. The normalized spacial score (nSPS) is 11.8. The van der Waals surface area contributed by atoms with E-state index in [4.69, 9.17) is 21.1 Å². The molecule has 7 heteroatoms. The van der Waals surface area contributed by atoms with Crippen LogP contribution in [0.15, 0.2) is 30.3 Å². The first-order valence-electron chi connectivity index (χ1n) is 8.13. The van der Waals surface area contributed by atoms with Gasteiger partial charge in [-0.2, -0.15) is 0 Å². The van der Waals surface area contributed by atoms with Gasteiger partial charge in [-0.05, 0) is 31.5 Å². The van der Waals surface area contributed by atoms with Crippen molar-refractivity contribution < 1.29 is 23.0 Å². The average molecular weight is 384 g/mol. The van der Waals surface area contributed by atoms with Crippen LogP contribution in [0.1, 0.15) is 42.2 Å². The molecule has 1 amide bonds. The molecule has 0 bridgehead atoms. The van der Waals surface area contributed by atoms with Gasteiger partial charge in [0.05, 0.1) is 24.8 Å². The molecular formula is C19H20ClF2NO3. The molecule has 0 aromatic heterocycles. The van der Waals surface area contributed by atoms with E-state index >= 15 is 0 Å². The summed E-state index contributed by atoms with van der Waals surface area (Å²) < 4.78 is 37.7. The van der Waals surface area contributed by atoms with Crippen LogP contribution < -0.4 is 14.8 Å². The molecule has 2 rings (SSSR count). The Morgan fingerprint density at radius 3 is 2.62 bits per heavy atom. The van der Waals surface area contributed by atoms with Crippen LogP contribution in [0.4, 0.5) is 8.78 Å². The van der Waals surface area contributed by atoms with Crippen LogP contribution in [0, 0.1) is 11.6 Å². The van der Waals surface area contributed by atoms with Crippen molar-refractivity contribution in [1.82, 2.24) is 5.32 Å². The lowest BCUT2D eigenvalue weighted by atomic mass is 10.1. The van der Waals surface area contributed by atoms with E-state index in [0.717, 1.165) is 18.6 Å². The monoisotopic (exact) mass is 383 g/mol. The highest BCUT2D eigenvalue weighted by molar-refractivity contribution is 6.32. The van der Waals surface area contributed by atoms with Crippen molar-refractivity contribution in [2.75, 3.05) is 13.7 Å². The molecule has 4 nitrogen and oxygen atoms in total. The van der Waals surface area contributed by atoms with Gasteiger partial charge in [0.1, 0.15) is 11.6 Å². The van der Waals surface area contributed by atoms with Crippen LogP contribution in [0.2, 0.25) is 5.02 Å². The van der Waals surface area contributed by atoms with E-state index in [1.807, 2.05) is 6.92 Å². The fourth-order valence-corrected chi connectivity index (χ4v) is 2.67. The fraction of sp³-hybridized carbons (Fsp3) is 0.316. The van der Waals surface area contributed by atoms with Gasteiger partial charge in [0, 0.05) is 17.2 Å². The van der Waals surface area contributed by atoms with Crippen molar-refractivity contribution in [1.29, 1.82) is 0 Å². The Balaban J connectivity index is 2.22. The maximum atomic E-state index is 13.9. The highest BCUT2D eigenvalue weighted by Crippen LogP contribution is 2.36. The van der Waals surface area contributed by atoms with Crippen LogP contribution in [-0.2, 0) is 0 Å². The molecule has 0 aliphatic carbocycles. The third-order valence-electron chi connectivity index (χ3n) is 3.72. The topological polar surface area (TPSA) is 47.6 Å². The zero-order chi connectivity index (χ0) is 19.3. The smallest absolute Gasteiger partial charge is 0.251 e. The van der Waals surface area contributed by atoms with Crippen molar-refractivity contribution in [3.05, 3.63) is 58.1 Å². The lowest BCUT2D eigenvalue weighted by Gasteiger charge is -2.17. The van der Waals surface area contributed by atoms with E-state index in [1.54, 1.807) is 6.92 Å². The molecule has 0 saturated carbocycles. The summed E-state index contributed by atoms with van der Waals surface area (Å²) in [5.74, 6) is -1.17. The number of carbonyl (C=O) groups is 1. The summed E-state index contributed by atoms with van der Waals surface area (Å²) in [4.78, 5) is 12.5. The van der Waals surface area contributed by atoms with Gasteiger partial charge in [0.25, 0.3) is 5.91 Å². The first-order chi connectivity index (χ1) is 12.4. The quantitative estimate of drug-likeness (QED) is 0.739. The summed E-state index contributed by atoms with van der Waals surface area (Å²) in [6, 6.07) is 5.51. The Morgan fingerprint density at radius 1 is 1.27 bits per heavy atom. The van der Waals surface area contributed by atoms with Gasteiger partial charge in [-0.3, -0.25) is 4.79 Å². The van der Waals surface area contributed by atoms with Gasteiger partial charge >= 0.3 is 0 Å². The Bertz CT molecular complexity index is 799. The molecule has 140 valence electrons. The van der Waals surface area contributed by atoms with Gasteiger partial charge in [-0.15, -0.1) is 0 Å². The van der Waals surface area contributed by atoms with Crippen LogP contribution in [0.3, 0.4) is 0 Å². The van der Waals surface area contributed by atoms with Gasteiger partial charge in [-0.1, -0.05) is 24.6 Å². The van der Waals surface area contributed by atoms with Crippen LogP contribution >= 0.6 is 11.6 Å². The van der Waals surface area contributed by atoms with E-state index in [0.29, 0.717) is 18.1 Å². The van der Waals surface area contributed by atoms with Crippen molar-refractivity contribution in [3.63, 3.8) is 0 Å². The second kappa shape index (κ2) is 8.85.